The van der Waals surface area contributed by atoms with Crippen LogP contribution in [0.2, 0.25) is 0 Å². The lowest BCUT2D eigenvalue weighted by atomic mass is 9.89. The maximum atomic E-state index is 3.69. The molecule has 17 heavy (non-hydrogen) atoms. The minimum absolute atomic E-state index is 0.689. The van der Waals surface area contributed by atoms with E-state index >= 15 is 0 Å². The molecule has 0 bridgehead atoms. The van der Waals surface area contributed by atoms with Gasteiger partial charge in [-0.1, -0.05) is 32.0 Å². The first-order valence-corrected chi connectivity index (χ1v) is 7.07. The van der Waals surface area contributed by atoms with Gasteiger partial charge in [-0.2, -0.15) is 0 Å². The molecule has 0 radical (unpaired) electrons. The molecule has 1 unspecified atom stereocenters. The van der Waals surface area contributed by atoms with Crippen molar-refractivity contribution >= 4 is 0 Å². The van der Waals surface area contributed by atoms with Crippen molar-refractivity contribution in [1.29, 1.82) is 0 Å². The fourth-order valence-electron chi connectivity index (χ4n) is 3.01. The average molecular weight is 229 g/mol. The molecular formula is C16H23N. The lowest BCUT2D eigenvalue weighted by Crippen LogP contribution is -2.36. The molecule has 1 fully saturated rings. The second-order valence-corrected chi connectivity index (χ2v) is 6.21. The smallest absolute Gasteiger partial charge is 0.0211 e. The van der Waals surface area contributed by atoms with Crippen molar-refractivity contribution in [2.24, 2.45) is 5.92 Å². The third kappa shape index (κ3) is 2.55. The van der Waals surface area contributed by atoms with E-state index in [2.05, 4.69) is 37.4 Å². The SMILES string of the molecule is CC(C)CC1Cc2ccc(C3CC3)cc2CN1. The van der Waals surface area contributed by atoms with Crippen LogP contribution >= 0.6 is 0 Å². The Kier molecular flexibility index (Phi) is 2.96. The van der Waals surface area contributed by atoms with Crippen LogP contribution in [0.5, 0.6) is 0 Å². The van der Waals surface area contributed by atoms with Gasteiger partial charge in [-0.15, -0.1) is 0 Å². The van der Waals surface area contributed by atoms with E-state index in [9.17, 15) is 0 Å². The summed E-state index contributed by atoms with van der Waals surface area (Å²) in [6.45, 7) is 5.70. The topological polar surface area (TPSA) is 12.0 Å². The molecule has 1 aromatic carbocycles. The van der Waals surface area contributed by atoms with Crippen molar-refractivity contribution in [3.8, 4) is 0 Å². The molecule has 1 aliphatic carbocycles. The van der Waals surface area contributed by atoms with Gasteiger partial charge in [-0.25, -0.2) is 0 Å². The molecule has 1 atom stereocenters. The van der Waals surface area contributed by atoms with E-state index in [0.717, 1.165) is 18.4 Å². The lowest BCUT2D eigenvalue weighted by Gasteiger charge is -2.28. The van der Waals surface area contributed by atoms with Crippen LogP contribution in [0.15, 0.2) is 18.2 Å². The molecule has 1 heteroatoms. The predicted molar refractivity (Wildman–Crippen MR) is 72.2 cm³/mol. The van der Waals surface area contributed by atoms with E-state index in [1.807, 2.05) is 0 Å². The normalized spacial score (nSPS) is 23.8. The Morgan fingerprint density at radius 3 is 2.76 bits per heavy atom. The van der Waals surface area contributed by atoms with Gasteiger partial charge in [0.2, 0.25) is 0 Å². The van der Waals surface area contributed by atoms with Gasteiger partial charge in [0.15, 0.2) is 0 Å². The van der Waals surface area contributed by atoms with Crippen LogP contribution in [0.3, 0.4) is 0 Å². The summed E-state index contributed by atoms with van der Waals surface area (Å²) in [4.78, 5) is 0. The fourth-order valence-corrected chi connectivity index (χ4v) is 3.01. The van der Waals surface area contributed by atoms with Crippen molar-refractivity contribution in [3.63, 3.8) is 0 Å². The second-order valence-electron chi connectivity index (χ2n) is 6.21. The van der Waals surface area contributed by atoms with E-state index in [1.165, 1.54) is 25.7 Å². The molecule has 1 heterocycles. The first-order chi connectivity index (χ1) is 8.22. The number of benzene rings is 1. The highest BCUT2D eigenvalue weighted by molar-refractivity contribution is 5.37. The molecule has 0 amide bonds. The van der Waals surface area contributed by atoms with E-state index in [-0.39, 0.29) is 0 Å². The van der Waals surface area contributed by atoms with Crippen LogP contribution in [0.4, 0.5) is 0 Å². The number of hydrogen-bond acceptors (Lipinski definition) is 1. The number of rotatable bonds is 3. The fraction of sp³-hybridized carbons (Fsp3) is 0.625. The van der Waals surface area contributed by atoms with Gasteiger partial charge in [0.05, 0.1) is 0 Å². The summed E-state index contributed by atoms with van der Waals surface area (Å²) in [5.74, 6) is 1.67. The zero-order valence-corrected chi connectivity index (χ0v) is 11.0. The highest BCUT2D eigenvalue weighted by atomic mass is 14.9. The lowest BCUT2D eigenvalue weighted by molar-refractivity contribution is 0.398. The number of fused-ring (bicyclic) bond motifs is 1. The predicted octanol–water partition coefficient (Wildman–Crippen LogP) is 3.62. The Hall–Kier alpha value is -0.820. The minimum Gasteiger partial charge on any atom is -0.310 e. The third-order valence-corrected chi connectivity index (χ3v) is 4.08. The maximum absolute atomic E-state index is 3.69. The zero-order chi connectivity index (χ0) is 11.8. The Labute approximate surface area is 105 Å². The maximum Gasteiger partial charge on any atom is 0.0211 e. The van der Waals surface area contributed by atoms with Crippen LogP contribution in [-0.2, 0) is 13.0 Å². The summed E-state index contributed by atoms with van der Waals surface area (Å²) in [6.07, 6.45) is 5.33. The van der Waals surface area contributed by atoms with Crippen molar-refractivity contribution in [2.75, 3.05) is 0 Å². The molecule has 3 rings (SSSR count). The highest BCUT2D eigenvalue weighted by Crippen LogP contribution is 2.40. The number of nitrogens with one attached hydrogen (secondary N) is 1. The summed E-state index contributed by atoms with van der Waals surface area (Å²) in [5.41, 5.74) is 4.71. The second kappa shape index (κ2) is 4.45. The molecule has 0 aromatic heterocycles. The molecule has 92 valence electrons. The number of hydrogen-bond donors (Lipinski definition) is 1. The molecule has 1 aliphatic heterocycles. The van der Waals surface area contributed by atoms with Gasteiger partial charge in [-0.3, -0.25) is 0 Å². The van der Waals surface area contributed by atoms with E-state index in [1.54, 1.807) is 16.7 Å². The van der Waals surface area contributed by atoms with Crippen LogP contribution in [0, 0.1) is 5.92 Å². The van der Waals surface area contributed by atoms with Crippen LogP contribution in [-0.4, -0.2) is 6.04 Å². The molecule has 2 aliphatic rings. The first-order valence-electron chi connectivity index (χ1n) is 7.07. The summed E-state index contributed by atoms with van der Waals surface area (Å²) >= 11 is 0. The third-order valence-electron chi connectivity index (χ3n) is 4.08. The summed E-state index contributed by atoms with van der Waals surface area (Å²) in [7, 11) is 0. The first kappa shape index (κ1) is 11.3. The van der Waals surface area contributed by atoms with Gasteiger partial charge < -0.3 is 5.32 Å². The largest absolute Gasteiger partial charge is 0.310 e. The van der Waals surface area contributed by atoms with E-state index in [4.69, 9.17) is 0 Å². The Morgan fingerprint density at radius 2 is 2.06 bits per heavy atom. The van der Waals surface area contributed by atoms with Gasteiger partial charge in [-0.05, 0) is 54.2 Å². The Morgan fingerprint density at radius 1 is 1.24 bits per heavy atom. The average Bonchev–Trinajstić information content (AvgIpc) is 3.11. The van der Waals surface area contributed by atoms with Gasteiger partial charge in [0, 0.05) is 12.6 Å². The van der Waals surface area contributed by atoms with Crippen molar-refractivity contribution in [3.05, 3.63) is 34.9 Å². The van der Waals surface area contributed by atoms with Crippen molar-refractivity contribution in [2.45, 2.75) is 58.0 Å². The monoisotopic (exact) mass is 229 g/mol. The molecule has 1 saturated carbocycles. The minimum atomic E-state index is 0.689. The Balaban J connectivity index is 1.74. The summed E-state index contributed by atoms with van der Waals surface area (Å²) in [6, 6.07) is 7.89. The van der Waals surface area contributed by atoms with Gasteiger partial charge in [0.1, 0.15) is 0 Å². The van der Waals surface area contributed by atoms with Crippen molar-refractivity contribution < 1.29 is 0 Å². The molecule has 1 N–H and O–H groups in total. The summed E-state index contributed by atoms with van der Waals surface area (Å²) in [5, 5.41) is 3.69. The van der Waals surface area contributed by atoms with Gasteiger partial charge >= 0.3 is 0 Å². The zero-order valence-electron chi connectivity index (χ0n) is 11.0. The van der Waals surface area contributed by atoms with E-state index < -0.39 is 0 Å². The quantitative estimate of drug-likeness (QED) is 0.834. The van der Waals surface area contributed by atoms with Crippen LogP contribution < -0.4 is 5.32 Å². The highest BCUT2D eigenvalue weighted by Gasteiger charge is 2.25. The Bertz CT molecular complexity index is 404. The molecule has 0 spiro atoms. The van der Waals surface area contributed by atoms with Crippen LogP contribution in [0.25, 0.3) is 0 Å². The molecular weight excluding hydrogens is 206 g/mol. The standard InChI is InChI=1S/C16H23N/c1-11(2)7-16-9-14-6-5-13(12-3-4-12)8-15(14)10-17-16/h5-6,8,11-12,16-17H,3-4,7,9-10H2,1-2H3. The molecule has 1 aromatic rings. The molecule has 0 saturated heterocycles. The molecule has 1 nitrogen and oxygen atoms in total. The van der Waals surface area contributed by atoms with Crippen molar-refractivity contribution in [1.82, 2.24) is 5.32 Å². The van der Waals surface area contributed by atoms with E-state index in [0.29, 0.717) is 6.04 Å². The summed E-state index contributed by atoms with van der Waals surface area (Å²) < 4.78 is 0. The van der Waals surface area contributed by atoms with Crippen LogP contribution in [0.1, 0.15) is 55.7 Å². The van der Waals surface area contributed by atoms with Gasteiger partial charge in [0.25, 0.3) is 0 Å².